The van der Waals surface area contributed by atoms with Gasteiger partial charge in [0.15, 0.2) is 0 Å². The molecule has 2 heterocycles. The highest BCUT2D eigenvalue weighted by Gasteiger charge is 2.37. The molecule has 1 unspecified atom stereocenters. The number of nitrogens with zero attached hydrogens (tertiary/aromatic N) is 3. The molecule has 5 heteroatoms. The number of halogens is 1. The summed E-state index contributed by atoms with van der Waals surface area (Å²) in [7, 11) is 0. The second kappa shape index (κ2) is 10.7. The van der Waals surface area contributed by atoms with Gasteiger partial charge in [0.2, 0.25) is 0 Å². The lowest BCUT2D eigenvalue weighted by molar-refractivity contribution is 0.122. The maximum atomic E-state index is 5.63. The predicted octanol–water partition coefficient (Wildman–Crippen LogP) is 6.08. The Morgan fingerprint density at radius 3 is 2.24 bits per heavy atom. The second-order valence-corrected chi connectivity index (χ2v) is 11.1. The molecule has 0 aromatic heterocycles. The van der Waals surface area contributed by atoms with Gasteiger partial charge in [0, 0.05) is 56.2 Å². The van der Waals surface area contributed by atoms with Gasteiger partial charge < -0.3 is 14.5 Å². The van der Waals surface area contributed by atoms with E-state index in [1.54, 1.807) is 5.56 Å². The second-order valence-electron chi connectivity index (χ2n) is 11.1. The molecule has 33 heavy (non-hydrogen) atoms. The van der Waals surface area contributed by atoms with Gasteiger partial charge in [-0.25, -0.2) is 0 Å². The van der Waals surface area contributed by atoms with E-state index >= 15 is 0 Å². The highest BCUT2D eigenvalue weighted by atomic mass is 35.5. The van der Waals surface area contributed by atoms with Crippen LogP contribution in [0.3, 0.4) is 0 Å². The topological polar surface area (TPSA) is 19.0 Å². The minimum Gasteiger partial charge on any atom is -0.378 e. The Balaban J connectivity index is 0.00000259. The molecule has 1 aromatic carbocycles. The summed E-state index contributed by atoms with van der Waals surface area (Å²) in [5.41, 5.74) is 5.19. The fourth-order valence-corrected chi connectivity index (χ4v) is 6.76. The molecule has 4 fully saturated rings. The maximum absolute atomic E-state index is 5.63. The van der Waals surface area contributed by atoms with Crippen LogP contribution < -0.4 is 9.80 Å². The van der Waals surface area contributed by atoms with Gasteiger partial charge in [0.25, 0.3) is 0 Å². The molecule has 0 amide bonds. The van der Waals surface area contributed by atoms with Gasteiger partial charge in [0.1, 0.15) is 0 Å². The zero-order chi connectivity index (χ0) is 22.1. The first kappa shape index (κ1) is 25.1. The van der Waals surface area contributed by atoms with E-state index in [4.69, 9.17) is 4.74 Å². The summed E-state index contributed by atoms with van der Waals surface area (Å²) in [4.78, 5) is 8.04. The fourth-order valence-electron chi connectivity index (χ4n) is 6.76. The molecule has 5 rings (SSSR count). The lowest BCUT2D eigenvalue weighted by Gasteiger charge is -2.44. The summed E-state index contributed by atoms with van der Waals surface area (Å²) in [5, 5.41) is 0. The normalized spacial score (nSPS) is 26.8. The van der Waals surface area contributed by atoms with Crippen LogP contribution in [0.2, 0.25) is 0 Å². The number of morpholine rings is 1. The molecule has 2 aliphatic carbocycles. The van der Waals surface area contributed by atoms with Crippen LogP contribution in [0, 0.1) is 5.41 Å². The predicted molar refractivity (Wildman–Crippen MR) is 142 cm³/mol. The molecule has 4 nitrogen and oxygen atoms in total. The summed E-state index contributed by atoms with van der Waals surface area (Å²) >= 11 is 0. The molecular weight excluding hydrogens is 430 g/mol. The Labute approximate surface area is 208 Å². The minimum atomic E-state index is 0. The van der Waals surface area contributed by atoms with Gasteiger partial charge in [0.05, 0.1) is 13.2 Å². The van der Waals surface area contributed by atoms with E-state index in [-0.39, 0.29) is 12.4 Å². The number of benzene rings is 1. The van der Waals surface area contributed by atoms with Gasteiger partial charge in [-0.1, -0.05) is 26.7 Å². The molecule has 0 N–H and O–H groups in total. The summed E-state index contributed by atoms with van der Waals surface area (Å²) in [6.07, 6.45) is 11.0. The van der Waals surface area contributed by atoms with Crippen molar-refractivity contribution in [1.29, 1.82) is 0 Å². The van der Waals surface area contributed by atoms with E-state index in [0.717, 1.165) is 32.3 Å². The van der Waals surface area contributed by atoms with Crippen molar-refractivity contribution in [2.24, 2.45) is 5.41 Å². The third-order valence-corrected chi connectivity index (χ3v) is 9.41. The van der Waals surface area contributed by atoms with Crippen molar-refractivity contribution in [2.75, 3.05) is 55.7 Å². The summed E-state index contributed by atoms with van der Waals surface area (Å²) in [6.45, 7) is 14.7. The number of piperazine rings is 1. The minimum absolute atomic E-state index is 0. The van der Waals surface area contributed by atoms with Gasteiger partial charge in [-0.3, -0.25) is 4.90 Å². The number of hydrogen-bond donors (Lipinski definition) is 0. The molecular formula is C28H46ClN3O. The van der Waals surface area contributed by atoms with Gasteiger partial charge in [-0.2, -0.15) is 0 Å². The van der Waals surface area contributed by atoms with Crippen LogP contribution in [0.1, 0.15) is 83.6 Å². The Bertz CT molecular complexity index is 762. The number of ether oxygens (including phenoxy) is 1. The van der Waals surface area contributed by atoms with Crippen molar-refractivity contribution >= 4 is 23.8 Å². The zero-order valence-electron chi connectivity index (χ0n) is 21.2. The van der Waals surface area contributed by atoms with Crippen molar-refractivity contribution < 1.29 is 4.74 Å². The molecule has 2 saturated heterocycles. The van der Waals surface area contributed by atoms with E-state index in [1.165, 1.54) is 82.4 Å². The molecule has 1 aromatic rings. The average Bonchev–Trinajstić information content (AvgIpc) is 3.70. The molecule has 186 valence electrons. The Morgan fingerprint density at radius 1 is 0.939 bits per heavy atom. The smallest absolute Gasteiger partial charge is 0.0642 e. The van der Waals surface area contributed by atoms with Crippen LogP contribution in [0.4, 0.5) is 11.4 Å². The van der Waals surface area contributed by atoms with Crippen LogP contribution in [-0.4, -0.2) is 62.9 Å². The number of rotatable bonds is 6. The van der Waals surface area contributed by atoms with E-state index < -0.39 is 0 Å². The highest BCUT2D eigenvalue weighted by molar-refractivity contribution is 5.85. The monoisotopic (exact) mass is 475 g/mol. The van der Waals surface area contributed by atoms with Crippen LogP contribution in [0.15, 0.2) is 18.2 Å². The first-order valence-corrected chi connectivity index (χ1v) is 13.6. The Morgan fingerprint density at radius 2 is 1.64 bits per heavy atom. The molecule has 0 radical (unpaired) electrons. The standard InChI is InChI=1S/C28H45N3O.ClH/c1-4-28(5-2)12-10-23(11-13-28)26-20-25(29-16-18-32-19-17-29)8-9-27(26)31-15-14-30(21-22(31)3)24-6-7-24;/h8-9,20,22-24H,4-7,10-19,21H2,1-3H3;1H. The molecule has 0 spiro atoms. The number of anilines is 2. The number of hydrogen-bond acceptors (Lipinski definition) is 4. The molecule has 1 atom stereocenters. The molecule has 4 aliphatic rings. The largest absolute Gasteiger partial charge is 0.378 e. The molecule has 0 bridgehead atoms. The quantitative estimate of drug-likeness (QED) is 0.496. The van der Waals surface area contributed by atoms with Crippen molar-refractivity contribution in [1.82, 2.24) is 4.90 Å². The third-order valence-electron chi connectivity index (χ3n) is 9.41. The van der Waals surface area contributed by atoms with E-state index in [1.807, 2.05) is 0 Å². The Kier molecular flexibility index (Phi) is 8.18. The van der Waals surface area contributed by atoms with E-state index in [9.17, 15) is 0 Å². The van der Waals surface area contributed by atoms with Gasteiger partial charge in [-0.15, -0.1) is 12.4 Å². The van der Waals surface area contributed by atoms with Crippen molar-refractivity contribution in [3.8, 4) is 0 Å². The van der Waals surface area contributed by atoms with E-state index in [0.29, 0.717) is 17.4 Å². The van der Waals surface area contributed by atoms with Crippen LogP contribution in [-0.2, 0) is 4.74 Å². The Hall–Kier alpha value is -0.970. The van der Waals surface area contributed by atoms with Gasteiger partial charge in [-0.05, 0) is 80.5 Å². The van der Waals surface area contributed by atoms with Crippen LogP contribution in [0.25, 0.3) is 0 Å². The van der Waals surface area contributed by atoms with Crippen molar-refractivity contribution in [3.63, 3.8) is 0 Å². The molecule has 2 aliphatic heterocycles. The lowest BCUT2D eigenvalue weighted by Crippen LogP contribution is -2.53. The zero-order valence-corrected chi connectivity index (χ0v) is 22.0. The fraction of sp³-hybridized carbons (Fsp3) is 0.786. The summed E-state index contributed by atoms with van der Waals surface area (Å²) < 4.78 is 5.63. The highest BCUT2D eigenvalue weighted by Crippen LogP contribution is 2.49. The first-order valence-electron chi connectivity index (χ1n) is 13.6. The van der Waals surface area contributed by atoms with E-state index in [2.05, 4.69) is 53.7 Å². The molecule has 2 saturated carbocycles. The van der Waals surface area contributed by atoms with Crippen molar-refractivity contribution in [2.45, 2.75) is 90.1 Å². The van der Waals surface area contributed by atoms with Gasteiger partial charge >= 0.3 is 0 Å². The third kappa shape index (κ3) is 5.33. The van der Waals surface area contributed by atoms with Crippen molar-refractivity contribution in [3.05, 3.63) is 23.8 Å². The maximum Gasteiger partial charge on any atom is 0.0642 e. The lowest BCUT2D eigenvalue weighted by atomic mass is 9.66. The van der Waals surface area contributed by atoms with Crippen LogP contribution in [0.5, 0.6) is 0 Å². The SMILES string of the molecule is CCC1(CC)CCC(c2cc(N3CCOCC3)ccc2N2CCN(C3CC3)CC2C)CC1.Cl. The summed E-state index contributed by atoms with van der Waals surface area (Å²) in [6, 6.07) is 8.94. The first-order chi connectivity index (χ1) is 15.6. The van der Waals surface area contributed by atoms with Crippen LogP contribution >= 0.6 is 12.4 Å². The summed E-state index contributed by atoms with van der Waals surface area (Å²) in [5.74, 6) is 0.714. The average molecular weight is 476 g/mol.